The Labute approximate surface area is 149 Å². The molecule has 130 valence electrons. The summed E-state index contributed by atoms with van der Waals surface area (Å²) in [4.78, 5) is 16.7. The van der Waals surface area contributed by atoms with Crippen molar-refractivity contribution in [2.45, 2.75) is 6.42 Å². The topological polar surface area (TPSA) is 69.7 Å². The number of rotatable bonds is 6. The van der Waals surface area contributed by atoms with Gasteiger partial charge in [0.1, 0.15) is 27.5 Å². The van der Waals surface area contributed by atoms with Gasteiger partial charge >= 0.3 is 0 Å². The molecule has 0 aliphatic rings. The van der Waals surface area contributed by atoms with Crippen LogP contribution in [-0.4, -0.2) is 32.2 Å². The van der Waals surface area contributed by atoms with Gasteiger partial charge in [0, 0.05) is 0 Å². The second-order valence-corrected chi connectivity index (χ2v) is 6.24. The van der Waals surface area contributed by atoms with Crippen molar-refractivity contribution in [2.24, 2.45) is 0 Å². The number of hydrogen-bond acceptors (Lipinski definition) is 6. The lowest BCUT2D eigenvalue weighted by molar-refractivity contribution is -0.115. The summed E-state index contributed by atoms with van der Waals surface area (Å²) in [6, 6.07) is 11.0. The highest BCUT2D eigenvalue weighted by Crippen LogP contribution is 2.38. The number of carbonyl (C=O) groups excluding carboxylic acids is 1. The molecule has 0 aliphatic heterocycles. The first-order valence-electron chi connectivity index (χ1n) is 7.59. The number of fused-ring (bicyclic) bond motifs is 1. The Hall–Kier alpha value is -2.80. The molecule has 3 rings (SSSR count). The normalized spacial score (nSPS) is 10.5. The third-order valence-corrected chi connectivity index (χ3v) is 4.67. The fourth-order valence-corrected chi connectivity index (χ4v) is 3.42. The van der Waals surface area contributed by atoms with Crippen molar-refractivity contribution in [1.82, 2.24) is 4.98 Å². The Morgan fingerprint density at radius 1 is 1.00 bits per heavy atom. The molecule has 0 unspecified atom stereocenters. The zero-order chi connectivity index (χ0) is 17.8. The molecule has 0 atom stereocenters. The van der Waals surface area contributed by atoms with Crippen LogP contribution >= 0.6 is 11.3 Å². The maximum absolute atomic E-state index is 12.3. The maximum Gasteiger partial charge on any atom is 0.230 e. The molecule has 1 aromatic heterocycles. The van der Waals surface area contributed by atoms with Crippen molar-refractivity contribution in [2.75, 3.05) is 26.6 Å². The van der Waals surface area contributed by atoms with Gasteiger partial charge in [-0.25, -0.2) is 4.98 Å². The second kappa shape index (κ2) is 7.40. The van der Waals surface area contributed by atoms with E-state index < -0.39 is 0 Å². The molecule has 0 aliphatic carbocycles. The molecular formula is C18H18N2O4S. The van der Waals surface area contributed by atoms with Gasteiger partial charge in [-0.1, -0.05) is 23.5 Å². The molecule has 7 heteroatoms. The number of anilines is 1. The highest BCUT2D eigenvalue weighted by atomic mass is 32.1. The first-order valence-corrected chi connectivity index (χ1v) is 8.40. The number of nitrogens with zero attached hydrogens (tertiary/aromatic N) is 1. The van der Waals surface area contributed by atoms with E-state index in [-0.39, 0.29) is 12.3 Å². The van der Waals surface area contributed by atoms with E-state index in [9.17, 15) is 4.79 Å². The number of carbonyl (C=O) groups is 1. The Morgan fingerprint density at radius 3 is 2.32 bits per heavy atom. The third-order valence-electron chi connectivity index (χ3n) is 3.68. The van der Waals surface area contributed by atoms with E-state index in [1.54, 1.807) is 27.4 Å². The van der Waals surface area contributed by atoms with Gasteiger partial charge in [0.15, 0.2) is 5.13 Å². The van der Waals surface area contributed by atoms with E-state index in [2.05, 4.69) is 10.3 Å². The molecule has 1 heterocycles. The lowest BCUT2D eigenvalue weighted by Crippen LogP contribution is -2.14. The third kappa shape index (κ3) is 3.66. The van der Waals surface area contributed by atoms with Gasteiger partial charge in [0.25, 0.3) is 0 Å². The molecule has 3 aromatic rings. The van der Waals surface area contributed by atoms with E-state index in [4.69, 9.17) is 14.2 Å². The summed E-state index contributed by atoms with van der Waals surface area (Å²) in [7, 11) is 4.79. The molecule has 6 nitrogen and oxygen atoms in total. The summed E-state index contributed by atoms with van der Waals surface area (Å²) in [5, 5.41) is 3.35. The van der Waals surface area contributed by atoms with E-state index in [1.165, 1.54) is 11.3 Å². The van der Waals surface area contributed by atoms with Crippen LogP contribution in [0.3, 0.4) is 0 Å². The van der Waals surface area contributed by atoms with Gasteiger partial charge in [-0.2, -0.15) is 0 Å². The smallest absolute Gasteiger partial charge is 0.230 e. The summed E-state index contributed by atoms with van der Waals surface area (Å²) < 4.78 is 16.6. The summed E-state index contributed by atoms with van der Waals surface area (Å²) >= 11 is 1.35. The SMILES string of the molecule is COc1ccc(CC(=O)Nc2nc3c(OC)ccc(OC)c3s2)cc1. The van der Waals surface area contributed by atoms with Gasteiger partial charge in [-0.3, -0.25) is 4.79 Å². The number of ether oxygens (including phenoxy) is 3. The molecule has 1 N–H and O–H groups in total. The number of hydrogen-bond donors (Lipinski definition) is 1. The highest BCUT2D eigenvalue weighted by molar-refractivity contribution is 7.22. The number of aromatic nitrogens is 1. The fourth-order valence-electron chi connectivity index (χ4n) is 2.43. The summed E-state index contributed by atoms with van der Waals surface area (Å²) in [5.74, 6) is 1.96. The maximum atomic E-state index is 12.3. The molecule has 0 spiro atoms. The zero-order valence-electron chi connectivity index (χ0n) is 14.2. The number of benzene rings is 2. The highest BCUT2D eigenvalue weighted by Gasteiger charge is 2.15. The molecule has 25 heavy (non-hydrogen) atoms. The monoisotopic (exact) mass is 358 g/mol. The van der Waals surface area contributed by atoms with Gasteiger partial charge in [0.2, 0.25) is 5.91 Å². The van der Waals surface area contributed by atoms with Crippen LogP contribution < -0.4 is 19.5 Å². The first-order chi connectivity index (χ1) is 12.1. The van der Waals surface area contributed by atoms with Gasteiger partial charge < -0.3 is 19.5 Å². The van der Waals surface area contributed by atoms with Gasteiger partial charge in [-0.05, 0) is 29.8 Å². The molecule has 0 saturated heterocycles. The van der Waals surface area contributed by atoms with Crippen LogP contribution in [0.4, 0.5) is 5.13 Å². The van der Waals surface area contributed by atoms with E-state index >= 15 is 0 Å². The fraction of sp³-hybridized carbons (Fsp3) is 0.222. The number of nitrogens with one attached hydrogen (secondary N) is 1. The van der Waals surface area contributed by atoms with Crippen LogP contribution in [0.2, 0.25) is 0 Å². The van der Waals surface area contributed by atoms with Crippen molar-refractivity contribution in [3.8, 4) is 17.2 Å². The Balaban J connectivity index is 1.78. The van der Waals surface area contributed by atoms with Crippen molar-refractivity contribution in [3.63, 3.8) is 0 Å². The van der Waals surface area contributed by atoms with Crippen molar-refractivity contribution >= 4 is 32.6 Å². The number of thiazole rings is 1. The number of amides is 1. The largest absolute Gasteiger partial charge is 0.497 e. The van der Waals surface area contributed by atoms with E-state index in [1.807, 2.05) is 30.3 Å². The van der Waals surface area contributed by atoms with Crippen LogP contribution in [0, 0.1) is 0 Å². The minimum atomic E-state index is -0.137. The average Bonchev–Trinajstić information content (AvgIpc) is 3.04. The van der Waals surface area contributed by atoms with Gasteiger partial charge in [0.05, 0.1) is 27.8 Å². The van der Waals surface area contributed by atoms with Crippen LogP contribution in [0.5, 0.6) is 17.2 Å². The van der Waals surface area contributed by atoms with E-state index in [0.717, 1.165) is 16.0 Å². The minimum absolute atomic E-state index is 0.137. The first kappa shape index (κ1) is 17.0. The molecule has 1 amide bonds. The lowest BCUT2D eigenvalue weighted by Gasteiger charge is -2.03. The summed E-state index contributed by atoms with van der Waals surface area (Å²) in [6.07, 6.45) is 0.258. The zero-order valence-corrected chi connectivity index (χ0v) is 15.0. The molecule has 2 aromatic carbocycles. The standard InChI is InChI=1S/C18H18N2O4S/c1-22-12-6-4-11(5-7-12)10-15(21)19-18-20-16-13(23-2)8-9-14(24-3)17(16)25-18/h4-9H,10H2,1-3H3,(H,19,20,21). The second-order valence-electron chi connectivity index (χ2n) is 5.24. The van der Waals surface area contributed by atoms with Crippen molar-refractivity contribution in [1.29, 1.82) is 0 Å². The molecule has 0 fully saturated rings. The molecule has 0 bridgehead atoms. The van der Waals surface area contributed by atoms with Gasteiger partial charge in [-0.15, -0.1) is 0 Å². The van der Waals surface area contributed by atoms with Crippen molar-refractivity contribution in [3.05, 3.63) is 42.0 Å². The van der Waals surface area contributed by atoms with Crippen LogP contribution in [0.25, 0.3) is 10.2 Å². The Kier molecular flexibility index (Phi) is 5.04. The van der Waals surface area contributed by atoms with Crippen LogP contribution in [0.1, 0.15) is 5.56 Å². The van der Waals surface area contributed by atoms with Crippen molar-refractivity contribution < 1.29 is 19.0 Å². The minimum Gasteiger partial charge on any atom is -0.497 e. The predicted molar refractivity (Wildman–Crippen MR) is 98.1 cm³/mol. The summed E-state index contributed by atoms with van der Waals surface area (Å²) in [5.41, 5.74) is 1.57. The van der Waals surface area contributed by atoms with Crippen LogP contribution in [0.15, 0.2) is 36.4 Å². The van der Waals surface area contributed by atoms with Crippen LogP contribution in [-0.2, 0) is 11.2 Å². The Bertz CT molecular complexity index is 849. The average molecular weight is 358 g/mol. The molecule has 0 radical (unpaired) electrons. The quantitative estimate of drug-likeness (QED) is 0.730. The van der Waals surface area contributed by atoms with E-state index in [0.29, 0.717) is 22.1 Å². The number of methoxy groups -OCH3 is 3. The summed E-state index contributed by atoms with van der Waals surface area (Å²) in [6.45, 7) is 0. The molecule has 0 saturated carbocycles. The lowest BCUT2D eigenvalue weighted by atomic mass is 10.1. The predicted octanol–water partition coefficient (Wildman–Crippen LogP) is 3.50. The Morgan fingerprint density at radius 2 is 1.68 bits per heavy atom. The molecular weight excluding hydrogens is 340 g/mol.